The highest BCUT2D eigenvalue weighted by molar-refractivity contribution is 5.74. The third kappa shape index (κ3) is 3.85. The molecule has 1 aromatic rings. The Morgan fingerprint density at radius 2 is 2.36 bits per heavy atom. The van der Waals surface area contributed by atoms with E-state index in [2.05, 4.69) is 31.6 Å². The first-order valence-corrected chi connectivity index (χ1v) is 7.65. The van der Waals surface area contributed by atoms with Gasteiger partial charge in [-0.25, -0.2) is 9.78 Å². The van der Waals surface area contributed by atoms with Crippen LogP contribution in [-0.2, 0) is 16.1 Å². The van der Waals surface area contributed by atoms with Gasteiger partial charge in [0.1, 0.15) is 5.82 Å². The normalized spacial score (nSPS) is 20.1. The lowest BCUT2D eigenvalue weighted by Crippen LogP contribution is -2.35. The SMILES string of the molecule is CC(C)C(NC(=O)OC=O)c1nccn1C[C@H]1CCCN1C. The Kier molecular flexibility index (Phi) is 5.54. The zero-order valence-corrected chi connectivity index (χ0v) is 13.4. The van der Waals surface area contributed by atoms with E-state index in [9.17, 15) is 9.59 Å². The van der Waals surface area contributed by atoms with Gasteiger partial charge in [0.05, 0.1) is 6.04 Å². The van der Waals surface area contributed by atoms with Crippen LogP contribution in [0.3, 0.4) is 0 Å². The maximum Gasteiger partial charge on any atom is 0.415 e. The van der Waals surface area contributed by atoms with Crippen LogP contribution in [0.1, 0.15) is 38.6 Å². The minimum atomic E-state index is -0.749. The molecule has 0 radical (unpaired) electrons. The molecule has 1 aromatic heterocycles. The smallest absolute Gasteiger partial charge is 0.379 e. The third-order valence-electron chi connectivity index (χ3n) is 4.20. The van der Waals surface area contributed by atoms with E-state index in [0.717, 1.165) is 18.9 Å². The summed E-state index contributed by atoms with van der Waals surface area (Å²) >= 11 is 0. The van der Waals surface area contributed by atoms with E-state index >= 15 is 0 Å². The number of rotatable bonds is 6. The van der Waals surface area contributed by atoms with Gasteiger partial charge in [-0.2, -0.15) is 0 Å². The summed E-state index contributed by atoms with van der Waals surface area (Å²) in [6, 6.07) is 0.192. The molecule has 0 saturated carbocycles. The van der Waals surface area contributed by atoms with Crippen LogP contribution in [0.2, 0.25) is 0 Å². The Labute approximate surface area is 130 Å². The first kappa shape index (κ1) is 16.5. The van der Waals surface area contributed by atoms with Crippen molar-refractivity contribution in [3.8, 4) is 0 Å². The lowest BCUT2D eigenvalue weighted by Gasteiger charge is -2.25. The monoisotopic (exact) mass is 308 g/mol. The second-order valence-electron chi connectivity index (χ2n) is 6.08. The van der Waals surface area contributed by atoms with Crippen molar-refractivity contribution in [1.29, 1.82) is 0 Å². The molecule has 122 valence electrons. The molecule has 0 aromatic carbocycles. The van der Waals surface area contributed by atoms with Crippen molar-refractivity contribution in [2.45, 2.75) is 45.3 Å². The number of carbonyl (C=O) groups is 2. The molecule has 1 saturated heterocycles. The van der Waals surface area contributed by atoms with Gasteiger partial charge in [0.25, 0.3) is 0 Å². The fourth-order valence-corrected chi connectivity index (χ4v) is 2.93. The van der Waals surface area contributed by atoms with E-state index < -0.39 is 6.09 Å². The molecule has 1 aliphatic rings. The van der Waals surface area contributed by atoms with Crippen molar-refractivity contribution in [2.24, 2.45) is 5.92 Å². The van der Waals surface area contributed by atoms with E-state index in [1.165, 1.54) is 12.8 Å². The fourth-order valence-electron chi connectivity index (χ4n) is 2.93. The Balaban J connectivity index is 2.13. The number of ether oxygens (including phenoxy) is 1. The number of hydrogen-bond acceptors (Lipinski definition) is 5. The number of likely N-dealkylation sites (tertiary alicyclic amines) is 1. The Morgan fingerprint density at radius 1 is 1.59 bits per heavy atom. The molecule has 0 bridgehead atoms. The Hall–Kier alpha value is -1.89. The molecule has 7 nitrogen and oxygen atoms in total. The number of alkyl carbamates (subject to hydrolysis) is 1. The summed E-state index contributed by atoms with van der Waals surface area (Å²) in [6.07, 6.45) is 5.31. The predicted molar refractivity (Wildman–Crippen MR) is 81.1 cm³/mol. The highest BCUT2D eigenvalue weighted by Gasteiger charge is 2.26. The van der Waals surface area contributed by atoms with Crippen molar-refractivity contribution < 1.29 is 14.3 Å². The van der Waals surface area contributed by atoms with E-state index in [4.69, 9.17) is 0 Å². The van der Waals surface area contributed by atoms with Gasteiger partial charge in [-0.05, 0) is 32.4 Å². The number of likely N-dealkylation sites (N-methyl/N-ethyl adjacent to an activating group) is 1. The summed E-state index contributed by atoms with van der Waals surface area (Å²) in [4.78, 5) is 28.6. The number of nitrogens with one attached hydrogen (secondary N) is 1. The number of imidazole rings is 1. The average molecular weight is 308 g/mol. The number of amides is 1. The van der Waals surface area contributed by atoms with Gasteiger partial charge in [0.2, 0.25) is 0 Å². The summed E-state index contributed by atoms with van der Waals surface area (Å²) in [5.74, 6) is 0.916. The largest absolute Gasteiger partial charge is 0.415 e. The van der Waals surface area contributed by atoms with Crippen LogP contribution in [0.15, 0.2) is 12.4 Å². The van der Waals surface area contributed by atoms with Gasteiger partial charge in [-0.3, -0.25) is 4.79 Å². The van der Waals surface area contributed by atoms with Crippen LogP contribution in [-0.4, -0.2) is 46.7 Å². The van der Waals surface area contributed by atoms with Crippen molar-refractivity contribution in [1.82, 2.24) is 19.8 Å². The van der Waals surface area contributed by atoms with Crippen molar-refractivity contribution in [2.75, 3.05) is 13.6 Å². The molecule has 2 atom stereocenters. The van der Waals surface area contributed by atoms with Crippen LogP contribution in [0, 0.1) is 5.92 Å². The zero-order valence-electron chi connectivity index (χ0n) is 13.4. The summed E-state index contributed by atoms with van der Waals surface area (Å²) in [5, 5.41) is 2.71. The maximum atomic E-state index is 11.6. The second-order valence-corrected chi connectivity index (χ2v) is 6.08. The van der Waals surface area contributed by atoms with Crippen molar-refractivity contribution >= 4 is 12.6 Å². The average Bonchev–Trinajstić information content (AvgIpc) is 3.07. The topological polar surface area (TPSA) is 76.5 Å². The minimum Gasteiger partial charge on any atom is -0.379 e. The molecule has 0 spiro atoms. The molecular formula is C15H24N4O3. The summed E-state index contributed by atoms with van der Waals surface area (Å²) in [6.45, 7) is 6.08. The second kappa shape index (κ2) is 7.40. The van der Waals surface area contributed by atoms with E-state index in [1.54, 1.807) is 6.20 Å². The van der Waals surface area contributed by atoms with Crippen LogP contribution < -0.4 is 5.32 Å². The van der Waals surface area contributed by atoms with Crippen molar-refractivity contribution in [3.05, 3.63) is 18.2 Å². The van der Waals surface area contributed by atoms with Gasteiger partial charge < -0.3 is 19.5 Å². The highest BCUT2D eigenvalue weighted by atomic mass is 16.6. The van der Waals surface area contributed by atoms with E-state index in [1.807, 2.05) is 20.0 Å². The molecule has 0 aliphatic carbocycles. The molecule has 2 heterocycles. The molecule has 7 heteroatoms. The lowest BCUT2D eigenvalue weighted by molar-refractivity contribution is -0.123. The summed E-state index contributed by atoms with van der Waals surface area (Å²) in [5.41, 5.74) is 0. The molecule has 22 heavy (non-hydrogen) atoms. The molecule has 1 aliphatic heterocycles. The molecule has 1 fully saturated rings. The molecule has 1 unspecified atom stereocenters. The summed E-state index contributed by atoms with van der Waals surface area (Å²) < 4.78 is 6.42. The van der Waals surface area contributed by atoms with Crippen LogP contribution in [0.5, 0.6) is 0 Å². The molecule has 1 N–H and O–H groups in total. The Bertz CT molecular complexity index is 515. The number of aromatic nitrogens is 2. The molecule has 2 rings (SSSR count). The highest BCUT2D eigenvalue weighted by Crippen LogP contribution is 2.23. The zero-order chi connectivity index (χ0) is 16.1. The fraction of sp³-hybridized carbons (Fsp3) is 0.667. The van der Waals surface area contributed by atoms with Crippen LogP contribution in [0.25, 0.3) is 0 Å². The quantitative estimate of drug-likeness (QED) is 0.637. The minimum absolute atomic E-state index is 0.127. The summed E-state index contributed by atoms with van der Waals surface area (Å²) in [7, 11) is 2.13. The van der Waals surface area contributed by atoms with Gasteiger partial charge in [-0.1, -0.05) is 13.8 Å². The number of hydrogen-bond donors (Lipinski definition) is 1. The van der Waals surface area contributed by atoms with Gasteiger partial charge in [0.15, 0.2) is 0 Å². The van der Waals surface area contributed by atoms with Gasteiger partial charge >= 0.3 is 12.6 Å². The molecule has 1 amide bonds. The van der Waals surface area contributed by atoms with Gasteiger partial charge in [0, 0.05) is 25.0 Å². The van der Waals surface area contributed by atoms with Crippen LogP contribution in [0.4, 0.5) is 4.79 Å². The maximum absolute atomic E-state index is 11.6. The first-order chi connectivity index (χ1) is 10.5. The number of carbonyl (C=O) groups excluding carboxylic acids is 2. The standard InChI is InChI=1S/C15H24N4O3/c1-11(2)13(17-15(21)22-10-20)14-16-6-8-19(14)9-12-5-4-7-18(12)3/h6,8,10-13H,4-5,7,9H2,1-3H3,(H,17,21)/t12-,13?/m1/s1. The number of nitrogens with zero attached hydrogens (tertiary/aromatic N) is 3. The lowest BCUT2D eigenvalue weighted by atomic mass is 10.0. The first-order valence-electron chi connectivity index (χ1n) is 7.65. The predicted octanol–water partition coefficient (Wildman–Crippen LogP) is 1.56. The van der Waals surface area contributed by atoms with Crippen molar-refractivity contribution in [3.63, 3.8) is 0 Å². The van der Waals surface area contributed by atoms with Gasteiger partial charge in [-0.15, -0.1) is 0 Å². The molecular weight excluding hydrogens is 284 g/mol. The Morgan fingerprint density at radius 3 is 2.95 bits per heavy atom. The van der Waals surface area contributed by atoms with E-state index in [0.29, 0.717) is 6.04 Å². The van der Waals surface area contributed by atoms with E-state index in [-0.39, 0.29) is 18.4 Å². The third-order valence-corrected chi connectivity index (χ3v) is 4.20. The van der Waals surface area contributed by atoms with Crippen LogP contribution >= 0.6 is 0 Å².